The van der Waals surface area contributed by atoms with Gasteiger partial charge < -0.3 is 11.5 Å². The van der Waals surface area contributed by atoms with Gasteiger partial charge in [0.25, 0.3) is 0 Å². The van der Waals surface area contributed by atoms with E-state index in [1.54, 1.807) is 25.1 Å². The van der Waals surface area contributed by atoms with E-state index in [1.165, 1.54) is 0 Å². The van der Waals surface area contributed by atoms with Crippen LogP contribution in [0.5, 0.6) is 0 Å². The zero-order valence-corrected chi connectivity index (χ0v) is 11.7. The van der Waals surface area contributed by atoms with Crippen molar-refractivity contribution in [2.45, 2.75) is 23.6 Å². The molecule has 4 nitrogen and oxygen atoms in total. The van der Waals surface area contributed by atoms with Gasteiger partial charge in [-0.2, -0.15) is 0 Å². The molecule has 3 atom stereocenters. The van der Waals surface area contributed by atoms with Crippen molar-refractivity contribution in [2.24, 2.45) is 11.5 Å². The summed E-state index contributed by atoms with van der Waals surface area (Å²) >= 11 is 5.93. The van der Waals surface area contributed by atoms with Crippen molar-refractivity contribution in [3.8, 4) is 0 Å². The van der Waals surface area contributed by atoms with Gasteiger partial charge in [-0.3, -0.25) is 0 Å². The van der Waals surface area contributed by atoms with E-state index in [9.17, 15) is 8.42 Å². The van der Waals surface area contributed by atoms with Crippen LogP contribution in [0.15, 0.2) is 24.3 Å². The topological polar surface area (TPSA) is 86.2 Å². The van der Waals surface area contributed by atoms with E-state index in [4.69, 9.17) is 23.1 Å². The molecule has 0 amide bonds. The lowest BCUT2D eigenvalue weighted by Gasteiger charge is -2.08. The van der Waals surface area contributed by atoms with Gasteiger partial charge >= 0.3 is 0 Å². The van der Waals surface area contributed by atoms with Crippen molar-refractivity contribution in [1.82, 2.24) is 0 Å². The molecule has 1 aromatic carbocycles. The number of nitrogens with two attached hydrogens (primary N) is 2. The van der Waals surface area contributed by atoms with Gasteiger partial charge in [-0.15, -0.1) is 0 Å². The normalized spacial score (nSPS) is 31.3. The summed E-state index contributed by atoms with van der Waals surface area (Å²) in [5.41, 5.74) is 11.8. The van der Waals surface area contributed by atoms with E-state index in [0.29, 0.717) is 5.02 Å². The quantitative estimate of drug-likeness (QED) is 0.862. The van der Waals surface area contributed by atoms with Gasteiger partial charge in [0.05, 0.1) is 10.8 Å². The molecule has 1 aliphatic carbocycles. The molecule has 3 unspecified atom stereocenters. The van der Waals surface area contributed by atoms with Crippen molar-refractivity contribution < 1.29 is 8.42 Å². The molecule has 6 heteroatoms. The Morgan fingerprint density at radius 1 is 1.44 bits per heavy atom. The van der Waals surface area contributed by atoms with Crippen LogP contribution >= 0.6 is 11.6 Å². The van der Waals surface area contributed by atoms with Crippen molar-refractivity contribution in [2.75, 3.05) is 12.3 Å². The summed E-state index contributed by atoms with van der Waals surface area (Å²) < 4.78 is 24.1. The van der Waals surface area contributed by atoms with E-state index < -0.39 is 20.6 Å². The molecule has 0 aromatic heterocycles. The molecule has 0 spiro atoms. The maximum absolute atomic E-state index is 12.0. The highest BCUT2D eigenvalue weighted by Crippen LogP contribution is 2.53. The Balaban J connectivity index is 2.40. The minimum Gasteiger partial charge on any atom is -0.329 e. The molecule has 0 saturated heterocycles. The van der Waals surface area contributed by atoms with Gasteiger partial charge in [-0.1, -0.05) is 30.7 Å². The van der Waals surface area contributed by atoms with E-state index in [-0.39, 0.29) is 18.2 Å². The van der Waals surface area contributed by atoms with Crippen LogP contribution in [0.3, 0.4) is 0 Å². The maximum atomic E-state index is 12.0. The third-order valence-electron chi connectivity index (χ3n) is 3.65. The number of halogens is 1. The first kappa shape index (κ1) is 13.8. The fourth-order valence-electron chi connectivity index (χ4n) is 2.57. The first-order valence-electron chi connectivity index (χ1n) is 5.83. The van der Waals surface area contributed by atoms with Crippen LogP contribution in [0.4, 0.5) is 0 Å². The smallest absolute Gasteiger partial charge is 0.155 e. The monoisotopic (exact) mass is 288 g/mol. The fraction of sp³-hybridized carbons (Fsp3) is 0.500. The van der Waals surface area contributed by atoms with Crippen LogP contribution < -0.4 is 11.5 Å². The number of rotatable bonds is 4. The Morgan fingerprint density at radius 2 is 2.11 bits per heavy atom. The summed E-state index contributed by atoms with van der Waals surface area (Å²) in [6.07, 6.45) is 0. The van der Waals surface area contributed by atoms with Gasteiger partial charge in [0.15, 0.2) is 9.84 Å². The van der Waals surface area contributed by atoms with E-state index in [2.05, 4.69) is 0 Å². The van der Waals surface area contributed by atoms with E-state index in [0.717, 1.165) is 5.56 Å². The lowest BCUT2D eigenvalue weighted by atomic mass is 10.1. The Labute approximate surface area is 112 Å². The Hall–Kier alpha value is -0.620. The van der Waals surface area contributed by atoms with Crippen LogP contribution in [0.25, 0.3) is 0 Å². The molecule has 0 bridgehead atoms. The molecular weight excluding hydrogens is 272 g/mol. The van der Waals surface area contributed by atoms with Gasteiger partial charge in [0.2, 0.25) is 0 Å². The highest BCUT2D eigenvalue weighted by molar-refractivity contribution is 7.92. The number of hydrogen-bond acceptors (Lipinski definition) is 4. The summed E-state index contributed by atoms with van der Waals surface area (Å²) in [4.78, 5) is 0. The summed E-state index contributed by atoms with van der Waals surface area (Å²) in [6, 6.07) is 7.15. The number of sulfone groups is 1. The zero-order chi connectivity index (χ0) is 13.6. The molecule has 1 fully saturated rings. The van der Waals surface area contributed by atoms with E-state index >= 15 is 0 Å². The zero-order valence-electron chi connectivity index (χ0n) is 10.1. The molecule has 2 rings (SSSR count). The second-order valence-corrected chi connectivity index (χ2v) is 7.57. The van der Waals surface area contributed by atoms with Crippen LogP contribution in [0, 0.1) is 0 Å². The molecule has 1 saturated carbocycles. The highest BCUT2D eigenvalue weighted by atomic mass is 35.5. The first-order valence-corrected chi connectivity index (χ1v) is 7.92. The van der Waals surface area contributed by atoms with Crippen LogP contribution in [0.1, 0.15) is 18.4 Å². The first-order chi connectivity index (χ1) is 8.36. The SMILES string of the molecule is CCS(=O)(=O)C1C(c2cccc(Cl)c2)C1(N)CN. The van der Waals surface area contributed by atoms with Crippen molar-refractivity contribution in [3.63, 3.8) is 0 Å². The van der Waals surface area contributed by atoms with Crippen LogP contribution in [-0.2, 0) is 9.84 Å². The number of hydrogen-bond donors (Lipinski definition) is 2. The summed E-state index contributed by atoms with van der Waals surface area (Å²) in [5, 5.41) is -0.0233. The van der Waals surface area contributed by atoms with Gasteiger partial charge in [0.1, 0.15) is 0 Å². The Bertz CT molecular complexity index is 561. The fourth-order valence-corrected chi connectivity index (χ4v) is 4.79. The summed E-state index contributed by atoms with van der Waals surface area (Å²) in [6.45, 7) is 1.77. The maximum Gasteiger partial charge on any atom is 0.155 e. The molecule has 0 aliphatic heterocycles. The molecule has 4 N–H and O–H groups in total. The molecule has 0 radical (unpaired) electrons. The Kier molecular flexibility index (Phi) is 3.44. The van der Waals surface area contributed by atoms with Crippen molar-refractivity contribution in [1.29, 1.82) is 0 Å². The van der Waals surface area contributed by atoms with Crippen molar-refractivity contribution >= 4 is 21.4 Å². The Morgan fingerprint density at radius 3 is 2.61 bits per heavy atom. The molecule has 1 aromatic rings. The third kappa shape index (κ3) is 2.05. The van der Waals surface area contributed by atoms with Gasteiger partial charge in [0, 0.05) is 23.2 Å². The lowest BCUT2D eigenvalue weighted by molar-refractivity contribution is 0.587. The van der Waals surface area contributed by atoms with E-state index in [1.807, 2.05) is 6.07 Å². The summed E-state index contributed by atoms with van der Waals surface area (Å²) in [5.74, 6) is -0.181. The van der Waals surface area contributed by atoms with Crippen LogP contribution in [-0.4, -0.2) is 31.5 Å². The standard InChI is InChI=1S/C12H17ClN2O2S/c1-2-18(16,17)11-10(12(11,15)7-14)8-4-3-5-9(13)6-8/h3-6,10-11H,2,7,14-15H2,1H3. The molecule has 18 heavy (non-hydrogen) atoms. The minimum atomic E-state index is -3.20. The third-order valence-corrected chi connectivity index (χ3v) is 6.18. The molecule has 1 aliphatic rings. The van der Waals surface area contributed by atoms with Crippen LogP contribution in [0.2, 0.25) is 5.02 Å². The van der Waals surface area contributed by atoms with Crippen molar-refractivity contribution in [3.05, 3.63) is 34.9 Å². The second-order valence-electron chi connectivity index (χ2n) is 4.72. The second kappa shape index (κ2) is 4.49. The lowest BCUT2D eigenvalue weighted by Crippen LogP contribution is -2.39. The predicted molar refractivity (Wildman–Crippen MR) is 73.4 cm³/mol. The average molecular weight is 289 g/mol. The average Bonchev–Trinajstić information content (AvgIpc) is 2.98. The van der Waals surface area contributed by atoms with Gasteiger partial charge in [-0.05, 0) is 17.7 Å². The summed E-state index contributed by atoms with van der Waals surface area (Å²) in [7, 11) is -3.20. The molecule has 100 valence electrons. The predicted octanol–water partition coefficient (Wildman–Crippen LogP) is 0.897. The minimum absolute atomic E-state index is 0.0771. The number of benzene rings is 1. The molecule has 0 heterocycles. The largest absolute Gasteiger partial charge is 0.329 e. The van der Waals surface area contributed by atoms with Gasteiger partial charge in [-0.25, -0.2) is 8.42 Å². The molecular formula is C12H17ClN2O2S. The highest BCUT2D eigenvalue weighted by Gasteiger charge is 2.67.